The standard InChI is InChI=1S/C12H14O3S.C12H14.C7H8/c1-3-4-5-10-15-16(13,14)12-8-6-11(2)7-9-12;1-3-5-7-9-11-12-10-8-6-4-2;1-3-5-7-6-4-2/h6-9H,3,10H2,1-2H3;3-4,9-10H2,1-2H3;1H,4-5H2,2H3. The minimum Gasteiger partial charge on any atom is -0.253 e. The summed E-state index contributed by atoms with van der Waals surface area (Å²) in [5.41, 5.74) is 1.00. The van der Waals surface area contributed by atoms with Gasteiger partial charge in [-0.15, -0.1) is 30.1 Å². The van der Waals surface area contributed by atoms with Crippen LogP contribution in [0.2, 0.25) is 0 Å². The number of terminal acetylenes is 1. The third-order valence-corrected chi connectivity index (χ3v) is 4.75. The zero-order chi connectivity index (χ0) is 26.6. The molecule has 4 heteroatoms. The van der Waals surface area contributed by atoms with Crippen molar-refractivity contribution in [1.82, 2.24) is 0 Å². The molecule has 0 atom stereocenters. The van der Waals surface area contributed by atoms with Crippen molar-refractivity contribution < 1.29 is 12.6 Å². The highest BCUT2D eigenvalue weighted by Crippen LogP contribution is 2.12. The second-order valence-electron chi connectivity index (χ2n) is 6.45. The van der Waals surface area contributed by atoms with E-state index in [4.69, 9.17) is 10.6 Å². The minimum atomic E-state index is -3.66. The fraction of sp³-hybridized carbons (Fsp3) is 0.419. The van der Waals surface area contributed by atoms with Gasteiger partial charge in [0.2, 0.25) is 0 Å². The topological polar surface area (TPSA) is 43.4 Å². The molecule has 0 spiro atoms. The first-order valence-electron chi connectivity index (χ1n) is 11.6. The smallest absolute Gasteiger partial charge is 0.253 e. The van der Waals surface area contributed by atoms with Crippen LogP contribution in [0, 0.1) is 78.5 Å². The van der Waals surface area contributed by atoms with E-state index in [-0.39, 0.29) is 11.5 Å². The minimum absolute atomic E-state index is 0.0932. The number of hydrogen-bond acceptors (Lipinski definition) is 3. The summed E-state index contributed by atoms with van der Waals surface area (Å²) >= 11 is 0. The van der Waals surface area contributed by atoms with Gasteiger partial charge in [-0.2, -0.15) is 8.42 Å². The molecule has 0 aliphatic carbocycles. The van der Waals surface area contributed by atoms with Gasteiger partial charge in [-0.1, -0.05) is 86.8 Å². The van der Waals surface area contributed by atoms with Crippen LogP contribution in [0.4, 0.5) is 0 Å². The lowest BCUT2D eigenvalue weighted by Crippen LogP contribution is -2.06. The van der Waals surface area contributed by atoms with E-state index in [0.717, 1.165) is 24.8 Å². The Labute approximate surface area is 215 Å². The van der Waals surface area contributed by atoms with Gasteiger partial charge in [0.15, 0.2) is 0 Å². The first-order valence-corrected chi connectivity index (χ1v) is 13.0. The predicted octanol–water partition coefficient (Wildman–Crippen LogP) is 6.13. The molecule has 0 aliphatic rings. The highest BCUT2D eigenvalue weighted by atomic mass is 32.2. The third-order valence-electron chi connectivity index (χ3n) is 3.47. The molecular weight excluding hydrogens is 452 g/mol. The molecule has 0 radical (unpaired) electrons. The number of aryl methyl sites for hydroxylation is 1. The predicted molar refractivity (Wildman–Crippen MR) is 147 cm³/mol. The van der Waals surface area contributed by atoms with Gasteiger partial charge in [0.25, 0.3) is 10.1 Å². The Hall–Kier alpha value is -3.51. The van der Waals surface area contributed by atoms with E-state index >= 15 is 0 Å². The fourth-order valence-electron chi connectivity index (χ4n) is 1.88. The molecule has 1 rings (SSSR count). The Bertz CT molecular complexity index is 1130. The van der Waals surface area contributed by atoms with Gasteiger partial charge in [0, 0.05) is 25.7 Å². The summed E-state index contributed by atoms with van der Waals surface area (Å²) in [4.78, 5) is 0.163. The van der Waals surface area contributed by atoms with Gasteiger partial charge in [-0.25, -0.2) is 0 Å². The second kappa shape index (κ2) is 25.1. The van der Waals surface area contributed by atoms with E-state index in [9.17, 15) is 8.42 Å². The van der Waals surface area contributed by atoms with Gasteiger partial charge >= 0.3 is 0 Å². The molecule has 0 fully saturated rings. The summed E-state index contributed by atoms with van der Waals surface area (Å²) in [6.45, 7) is 9.76. The number of hydrogen-bond donors (Lipinski definition) is 0. The molecule has 0 amide bonds. The lowest BCUT2D eigenvalue weighted by Gasteiger charge is -2.02. The van der Waals surface area contributed by atoms with Crippen molar-refractivity contribution in [2.45, 2.75) is 84.5 Å². The van der Waals surface area contributed by atoms with E-state index in [2.05, 4.69) is 65.1 Å². The van der Waals surface area contributed by atoms with Crippen LogP contribution in [0.5, 0.6) is 0 Å². The lowest BCUT2D eigenvalue weighted by molar-refractivity contribution is 0.363. The maximum Gasteiger partial charge on any atom is 0.297 e. The Morgan fingerprint density at radius 2 is 1.06 bits per heavy atom. The Morgan fingerprint density at radius 1 is 0.657 bits per heavy atom. The normalized spacial score (nSPS) is 8.23. The lowest BCUT2D eigenvalue weighted by atomic mass is 10.2. The third kappa shape index (κ3) is 23.4. The quantitative estimate of drug-likeness (QED) is 0.379. The van der Waals surface area contributed by atoms with Gasteiger partial charge < -0.3 is 0 Å². The van der Waals surface area contributed by atoms with Crippen LogP contribution in [0.25, 0.3) is 0 Å². The maximum absolute atomic E-state index is 11.6. The average Bonchev–Trinajstić information content (AvgIpc) is 2.85. The van der Waals surface area contributed by atoms with Crippen LogP contribution < -0.4 is 0 Å². The van der Waals surface area contributed by atoms with Crippen molar-refractivity contribution in [2.75, 3.05) is 6.61 Å². The summed E-state index contributed by atoms with van der Waals surface area (Å²) < 4.78 is 28.0. The summed E-state index contributed by atoms with van der Waals surface area (Å²) in [6, 6.07) is 6.51. The molecule has 0 aromatic heterocycles. The molecule has 3 nitrogen and oxygen atoms in total. The van der Waals surface area contributed by atoms with Gasteiger partial charge in [-0.05, 0) is 19.1 Å². The average molecular weight is 489 g/mol. The van der Waals surface area contributed by atoms with Crippen LogP contribution in [0.1, 0.15) is 78.2 Å². The largest absolute Gasteiger partial charge is 0.297 e. The highest BCUT2D eigenvalue weighted by Gasteiger charge is 2.13. The molecule has 35 heavy (non-hydrogen) atoms. The van der Waals surface area contributed by atoms with Crippen LogP contribution in [0.15, 0.2) is 29.2 Å². The van der Waals surface area contributed by atoms with Gasteiger partial charge in [0.05, 0.1) is 24.2 Å². The SMILES string of the molecule is C#CCC#CCC.CCC#CCC#CCC#CCC.CCC#CCOS(=O)(=O)c1ccc(C)cc1. The van der Waals surface area contributed by atoms with E-state index < -0.39 is 10.1 Å². The molecule has 184 valence electrons. The maximum atomic E-state index is 11.6. The first kappa shape index (κ1) is 33.7. The molecule has 0 saturated carbocycles. The molecule has 0 heterocycles. The van der Waals surface area contributed by atoms with Crippen molar-refractivity contribution in [3.63, 3.8) is 0 Å². The summed E-state index contributed by atoms with van der Waals surface area (Å²) in [7, 11) is -3.66. The second-order valence-corrected chi connectivity index (χ2v) is 8.06. The van der Waals surface area contributed by atoms with Crippen LogP contribution in [-0.2, 0) is 14.3 Å². The van der Waals surface area contributed by atoms with Crippen molar-refractivity contribution in [3.05, 3.63) is 29.8 Å². The van der Waals surface area contributed by atoms with Crippen LogP contribution in [0.3, 0.4) is 0 Å². The molecule has 0 unspecified atom stereocenters. The Kier molecular flexibility index (Phi) is 24.2. The molecular formula is C31H36O3S. The number of rotatable bonds is 3. The van der Waals surface area contributed by atoms with E-state index in [0.29, 0.717) is 25.7 Å². The van der Waals surface area contributed by atoms with E-state index in [1.807, 2.05) is 34.6 Å². The summed E-state index contributed by atoms with van der Waals surface area (Å²) in [6.07, 6.45) is 10.3. The van der Waals surface area contributed by atoms with Crippen LogP contribution >= 0.6 is 0 Å². The van der Waals surface area contributed by atoms with Crippen molar-refractivity contribution in [3.8, 4) is 71.5 Å². The van der Waals surface area contributed by atoms with Crippen molar-refractivity contribution >= 4 is 10.1 Å². The molecule has 0 aliphatic heterocycles. The summed E-state index contributed by atoms with van der Waals surface area (Å²) in [5.74, 6) is 31.2. The van der Waals surface area contributed by atoms with Crippen molar-refractivity contribution in [2.24, 2.45) is 0 Å². The zero-order valence-electron chi connectivity index (χ0n) is 21.7. The molecule has 1 aromatic carbocycles. The van der Waals surface area contributed by atoms with E-state index in [1.54, 1.807) is 12.1 Å². The fourth-order valence-corrected chi connectivity index (χ4v) is 2.70. The number of benzene rings is 1. The Morgan fingerprint density at radius 3 is 1.49 bits per heavy atom. The molecule has 0 bridgehead atoms. The molecule has 0 saturated heterocycles. The van der Waals surface area contributed by atoms with Crippen LogP contribution in [-0.4, -0.2) is 15.0 Å². The van der Waals surface area contributed by atoms with Gasteiger partial charge in [0.1, 0.15) is 6.61 Å². The van der Waals surface area contributed by atoms with E-state index in [1.165, 1.54) is 12.1 Å². The van der Waals surface area contributed by atoms with Gasteiger partial charge in [-0.3, -0.25) is 4.18 Å². The molecule has 0 N–H and O–H groups in total. The van der Waals surface area contributed by atoms with Crippen molar-refractivity contribution in [1.29, 1.82) is 0 Å². The molecule has 1 aromatic rings. The zero-order valence-corrected chi connectivity index (χ0v) is 22.5. The highest BCUT2D eigenvalue weighted by molar-refractivity contribution is 7.86. The first-order chi connectivity index (χ1) is 16.9. The Balaban J connectivity index is 0. The monoisotopic (exact) mass is 488 g/mol. The summed E-state index contributed by atoms with van der Waals surface area (Å²) in [5, 5.41) is 0.